The average molecular weight is 287 g/mol. The van der Waals surface area contributed by atoms with Crippen LogP contribution < -0.4 is 5.32 Å². The van der Waals surface area contributed by atoms with Crippen LogP contribution in [-0.4, -0.2) is 43.3 Å². The summed E-state index contributed by atoms with van der Waals surface area (Å²) in [5, 5.41) is 3.60. The predicted octanol–water partition coefficient (Wildman–Crippen LogP) is 2.35. The number of rotatable bonds is 5. The second-order valence-electron chi connectivity index (χ2n) is 5.09. The zero-order valence-corrected chi connectivity index (χ0v) is 12.0. The van der Waals surface area contributed by atoms with Gasteiger partial charge in [0.25, 0.3) is 0 Å². The van der Waals surface area contributed by atoms with Crippen LogP contribution in [-0.2, 0) is 11.3 Å². The van der Waals surface area contributed by atoms with Crippen molar-refractivity contribution in [1.82, 2.24) is 10.2 Å². The van der Waals surface area contributed by atoms with E-state index in [9.17, 15) is 0 Å². The van der Waals surface area contributed by atoms with E-state index in [2.05, 4.69) is 16.3 Å². The highest BCUT2D eigenvalue weighted by Crippen LogP contribution is 2.24. The van der Waals surface area contributed by atoms with E-state index in [1.54, 1.807) is 11.3 Å². The first kappa shape index (κ1) is 12.9. The number of nitrogens with zero attached hydrogens (tertiary/aromatic N) is 1. The van der Waals surface area contributed by atoms with Crippen molar-refractivity contribution in [3.63, 3.8) is 0 Å². The number of thiophene rings is 1. The van der Waals surface area contributed by atoms with Crippen LogP contribution in [0.5, 0.6) is 0 Å². The lowest BCUT2D eigenvalue weighted by atomic mass is 10.2. The molecular weight excluding hydrogens is 268 g/mol. The predicted molar refractivity (Wildman–Crippen MR) is 75.4 cm³/mol. The van der Waals surface area contributed by atoms with Gasteiger partial charge in [-0.05, 0) is 25.0 Å². The zero-order valence-electron chi connectivity index (χ0n) is 10.4. The van der Waals surface area contributed by atoms with Gasteiger partial charge in [-0.25, -0.2) is 0 Å². The molecule has 3 rings (SSSR count). The van der Waals surface area contributed by atoms with Gasteiger partial charge in [-0.15, -0.1) is 11.3 Å². The molecule has 2 fully saturated rings. The molecule has 1 aromatic heterocycles. The summed E-state index contributed by atoms with van der Waals surface area (Å²) in [4.78, 5) is 3.86. The number of hydrogen-bond donors (Lipinski definition) is 1. The van der Waals surface area contributed by atoms with Crippen LogP contribution in [0, 0.1) is 0 Å². The molecule has 3 nitrogen and oxygen atoms in total. The van der Waals surface area contributed by atoms with Crippen molar-refractivity contribution < 1.29 is 4.74 Å². The Morgan fingerprint density at radius 2 is 2.33 bits per heavy atom. The highest BCUT2D eigenvalue weighted by atomic mass is 35.5. The zero-order chi connectivity index (χ0) is 12.4. The minimum atomic E-state index is 0.500. The smallest absolute Gasteiger partial charge is 0.0931 e. The van der Waals surface area contributed by atoms with E-state index in [-0.39, 0.29) is 0 Å². The molecular formula is C13H19ClN2OS. The van der Waals surface area contributed by atoms with E-state index in [4.69, 9.17) is 16.3 Å². The van der Waals surface area contributed by atoms with Crippen molar-refractivity contribution in [2.24, 2.45) is 0 Å². The monoisotopic (exact) mass is 286 g/mol. The molecule has 1 saturated heterocycles. The third-order valence-electron chi connectivity index (χ3n) is 3.56. The fourth-order valence-electron chi connectivity index (χ4n) is 2.31. The van der Waals surface area contributed by atoms with Crippen LogP contribution in [0.25, 0.3) is 0 Å². The van der Waals surface area contributed by atoms with Gasteiger partial charge in [-0.3, -0.25) is 4.90 Å². The summed E-state index contributed by atoms with van der Waals surface area (Å²) in [5.74, 6) is 0. The van der Waals surface area contributed by atoms with Crippen LogP contribution in [0.3, 0.4) is 0 Å². The molecule has 0 bridgehead atoms. The van der Waals surface area contributed by atoms with Crippen molar-refractivity contribution >= 4 is 22.9 Å². The fraction of sp³-hybridized carbons (Fsp3) is 0.692. The van der Waals surface area contributed by atoms with Crippen LogP contribution in [0.15, 0.2) is 12.1 Å². The summed E-state index contributed by atoms with van der Waals surface area (Å²) in [7, 11) is 0. The van der Waals surface area contributed by atoms with Gasteiger partial charge in [0.1, 0.15) is 0 Å². The van der Waals surface area contributed by atoms with Crippen LogP contribution in [0.4, 0.5) is 0 Å². The Kier molecular flexibility index (Phi) is 4.21. The molecule has 1 saturated carbocycles. The Bertz CT molecular complexity index is 394. The van der Waals surface area contributed by atoms with E-state index in [0.717, 1.165) is 43.2 Å². The molecule has 0 spiro atoms. The Morgan fingerprint density at radius 3 is 3.06 bits per heavy atom. The summed E-state index contributed by atoms with van der Waals surface area (Å²) in [6.45, 7) is 4.76. The molecule has 2 heterocycles. The van der Waals surface area contributed by atoms with E-state index in [1.165, 1.54) is 17.7 Å². The summed E-state index contributed by atoms with van der Waals surface area (Å²) in [6.07, 6.45) is 2.68. The summed E-state index contributed by atoms with van der Waals surface area (Å²) in [6, 6.07) is 5.39. The molecule has 2 aliphatic rings. The fourth-order valence-corrected chi connectivity index (χ4v) is 3.43. The lowest BCUT2D eigenvalue weighted by Gasteiger charge is -2.35. The van der Waals surface area contributed by atoms with Crippen molar-refractivity contribution in [3.8, 4) is 0 Å². The molecule has 0 radical (unpaired) electrons. The maximum atomic E-state index is 5.99. The maximum Gasteiger partial charge on any atom is 0.0931 e. The number of halogens is 1. The van der Waals surface area contributed by atoms with Gasteiger partial charge in [0, 0.05) is 36.6 Å². The topological polar surface area (TPSA) is 24.5 Å². The quantitative estimate of drug-likeness (QED) is 0.899. The van der Waals surface area contributed by atoms with Gasteiger partial charge in [0.2, 0.25) is 0 Å². The van der Waals surface area contributed by atoms with Crippen molar-refractivity contribution in [3.05, 3.63) is 21.3 Å². The standard InChI is InChI=1S/C13H19ClN2OS/c14-13-4-3-12(18-13)8-16-5-6-17-9-11(16)7-15-10-1-2-10/h3-4,10-11,15H,1-2,5-9H2. The van der Waals surface area contributed by atoms with Gasteiger partial charge >= 0.3 is 0 Å². The number of ether oxygens (including phenoxy) is 1. The molecule has 1 aliphatic heterocycles. The molecule has 1 N–H and O–H groups in total. The third kappa shape index (κ3) is 3.45. The van der Waals surface area contributed by atoms with Gasteiger partial charge in [0.15, 0.2) is 0 Å². The molecule has 18 heavy (non-hydrogen) atoms. The van der Waals surface area contributed by atoms with Gasteiger partial charge < -0.3 is 10.1 Å². The summed E-state index contributed by atoms with van der Waals surface area (Å²) < 4.78 is 6.48. The molecule has 1 aliphatic carbocycles. The van der Waals surface area contributed by atoms with E-state index >= 15 is 0 Å². The SMILES string of the molecule is Clc1ccc(CN2CCOCC2CNC2CC2)s1. The first-order chi connectivity index (χ1) is 8.81. The molecule has 100 valence electrons. The molecule has 5 heteroatoms. The lowest BCUT2D eigenvalue weighted by Crippen LogP contribution is -2.50. The van der Waals surface area contributed by atoms with Crippen molar-refractivity contribution in [2.75, 3.05) is 26.3 Å². The Morgan fingerprint density at radius 1 is 1.44 bits per heavy atom. The second-order valence-corrected chi connectivity index (χ2v) is 6.89. The Labute approximate surface area is 117 Å². The first-order valence-corrected chi connectivity index (χ1v) is 7.80. The maximum absolute atomic E-state index is 5.99. The Balaban J connectivity index is 1.56. The lowest BCUT2D eigenvalue weighted by molar-refractivity contribution is -0.0106. The highest BCUT2D eigenvalue weighted by molar-refractivity contribution is 7.16. The molecule has 1 aromatic rings. The molecule has 1 atom stereocenters. The number of morpholine rings is 1. The molecule has 0 amide bonds. The van der Waals surface area contributed by atoms with Gasteiger partial charge in [0.05, 0.1) is 17.6 Å². The van der Waals surface area contributed by atoms with Crippen LogP contribution >= 0.6 is 22.9 Å². The average Bonchev–Trinajstić information content (AvgIpc) is 3.12. The van der Waals surface area contributed by atoms with Gasteiger partial charge in [-0.2, -0.15) is 0 Å². The molecule has 0 aromatic carbocycles. The summed E-state index contributed by atoms with van der Waals surface area (Å²) >= 11 is 7.67. The highest BCUT2D eigenvalue weighted by Gasteiger charge is 2.27. The number of hydrogen-bond acceptors (Lipinski definition) is 4. The Hall–Kier alpha value is -0.130. The van der Waals surface area contributed by atoms with Gasteiger partial charge in [-0.1, -0.05) is 11.6 Å². The van der Waals surface area contributed by atoms with Crippen LogP contribution in [0.1, 0.15) is 17.7 Å². The first-order valence-electron chi connectivity index (χ1n) is 6.60. The van der Waals surface area contributed by atoms with Crippen LogP contribution in [0.2, 0.25) is 4.34 Å². The normalized spacial score (nSPS) is 25.5. The largest absolute Gasteiger partial charge is 0.378 e. The van der Waals surface area contributed by atoms with E-state index in [0.29, 0.717) is 6.04 Å². The van der Waals surface area contributed by atoms with E-state index in [1.807, 2.05) is 6.07 Å². The molecule has 1 unspecified atom stereocenters. The second kappa shape index (κ2) is 5.88. The van der Waals surface area contributed by atoms with Crippen molar-refractivity contribution in [2.45, 2.75) is 31.5 Å². The van der Waals surface area contributed by atoms with E-state index < -0.39 is 0 Å². The number of nitrogens with one attached hydrogen (secondary N) is 1. The minimum Gasteiger partial charge on any atom is -0.378 e. The minimum absolute atomic E-state index is 0.500. The summed E-state index contributed by atoms with van der Waals surface area (Å²) in [5.41, 5.74) is 0. The van der Waals surface area contributed by atoms with Crippen molar-refractivity contribution in [1.29, 1.82) is 0 Å². The third-order valence-corrected chi connectivity index (χ3v) is 4.77.